The number of piperazine rings is 1. The van der Waals surface area contributed by atoms with E-state index in [2.05, 4.69) is 17.3 Å². The van der Waals surface area contributed by atoms with Crippen LogP contribution in [0.15, 0.2) is 18.2 Å². The Balaban J connectivity index is 1.23. The number of rotatable bonds is 3. The Morgan fingerprint density at radius 2 is 1.89 bits per heavy atom. The van der Waals surface area contributed by atoms with Crippen LogP contribution >= 0.6 is 0 Å². The number of hydrogen-bond donors (Lipinski definition) is 2. The molecule has 0 aliphatic carbocycles. The standard InChI is InChI=1S/C24H34N4O7/c1-26-6-8-27(9-7-26)23(30)11-18-3-4-19-22(35-18)14-32-13-17(29)12-28(19)24(31)25-16-2-5-20-21(10-16)34-15-33-20/h2,5,10,17-19,22,29H,3-4,6-9,11-15H2,1H3,(H,25,31)/t17-,18-,19+,22-/m1/s1. The number of nitrogens with zero attached hydrogens (tertiary/aromatic N) is 3. The van der Waals surface area contributed by atoms with Crippen molar-refractivity contribution in [3.8, 4) is 11.5 Å². The highest BCUT2D eigenvalue weighted by molar-refractivity contribution is 5.90. The number of urea groups is 1. The summed E-state index contributed by atoms with van der Waals surface area (Å²) in [6.45, 7) is 3.90. The molecule has 1 aromatic carbocycles. The Hall–Kier alpha value is -2.60. The van der Waals surface area contributed by atoms with Crippen molar-refractivity contribution in [1.82, 2.24) is 14.7 Å². The summed E-state index contributed by atoms with van der Waals surface area (Å²) < 4.78 is 22.7. The summed E-state index contributed by atoms with van der Waals surface area (Å²) >= 11 is 0. The van der Waals surface area contributed by atoms with E-state index in [1.807, 2.05) is 4.90 Å². The molecule has 11 nitrogen and oxygen atoms in total. The first kappa shape index (κ1) is 24.1. The van der Waals surface area contributed by atoms with Crippen LogP contribution < -0.4 is 14.8 Å². The second kappa shape index (κ2) is 10.6. The van der Waals surface area contributed by atoms with E-state index in [-0.39, 0.29) is 56.7 Å². The van der Waals surface area contributed by atoms with E-state index in [0.29, 0.717) is 36.4 Å². The first-order chi connectivity index (χ1) is 17.0. The van der Waals surface area contributed by atoms with Gasteiger partial charge in [-0.1, -0.05) is 0 Å². The molecule has 0 aromatic heterocycles. The molecular weight excluding hydrogens is 456 g/mol. The van der Waals surface area contributed by atoms with Gasteiger partial charge in [0.1, 0.15) is 6.10 Å². The number of carbonyl (C=O) groups is 2. The zero-order chi connectivity index (χ0) is 24.4. The number of aliphatic hydroxyl groups excluding tert-OH is 1. The molecule has 11 heteroatoms. The lowest BCUT2D eigenvalue weighted by atomic mass is 9.94. The van der Waals surface area contributed by atoms with Crippen molar-refractivity contribution in [2.75, 3.05) is 65.1 Å². The van der Waals surface area contributed by atoms with Crippen LogP contribution in [0.4, 0.5) is 10.5 Å². The minimum Gasteiger partial charge on any atom is -0.454 e. The predicted molar refractivity (Wildman–Crippen MR) is 125 cm³/mol. The highest BCUT2D eigenvalue weighted by Gasteiger charge is 2.40. The van der Waals surface area contributed by atoms with E-state index in [0.717, 1.165) is 26.2 Å². The SMILES string of the molecule is CN1CCN(C(=O)C[C@H]2CC[C@H]3[C@@H](COC[C@H](O)CN3C(=O)Nc3ccc4c(c3)OCO4)O2)CC1. The maximum Gasteiger partial charge on any atom is 0.322 e. The van der Waals surface area contributed by atoms with Crippen LogP contribution in [0.1, 0.15) is 19.3 Å². The van der Waals surface area contributed by atoms with Gasteiger partial charge in [0, 0.05) is 37.9 Å². The van der Waals surface area contributed by atoms with Crippen molar-refractivity contribution in [3.63, 3.8) is 0 Å². The second-order valence-electron chi connectivity index (χ2n) is 9.67. The molecule has 2 N–H and O–H groups in total. The zero-order valence-corrected chi connectivity index (χ0v) is 20.1. The summed E-state index contributed by atoms with van der Waals surface area (Å²) in [5, 5.41) is 13.3. The topological polar surface area (TPSA) is 113 Å². The normalized spacial score (nSPS) is 29.2. The average Bonchev–Trinajstić information content (AvgIpc) is 3.30. The summed E-state index contributed by atoms with van der Waals surface area (Å²) in [6.07, 6.45) is 0.272. The van der Waals surface area contributed by atoms with Crippen LogP contribution in [-0.4, -0.2) is 116 Å². The maximum atomic E-state index is 13.3. The lowest BCUT2D eigenvalue weighted by Gasteiger charge is -2.44. The van der Waals surface area contributed by atoms with E-state index in [1.54, 1.807) is 23.1 Å². The summed E-state index contributed by atoms with van der Waals surface area (Å²) in [6, 6.07) is 4.63. The Bertz CT molecular complexity index is 923. The van der Waals surface area contributed by atoms with Crippen molar-refractivity contribution >= 4 is 17.6 Å². The van der Waals surface area contributed by atoms with Gasteiger partial charge in [0.15, 0.2) is 11.5 Å². The summed E-state index contributed by atoms with van der Waals surface area (Å²) in [7, 11) is 2.06. The first-order valence-electron chi connectivity index (χ1n) is 12.3. The number of fused-ring (bicyclic) bond motifs is 2. The molecule has 0 unspecified atom stereocenters. The summed E-state index contributed by atoms with van der Waals surface area (Å²) in [5.41, 5.74) is 0.580. The smallest absolute Gasteiger partial charge is 0.322 e. The van der Waals surface area contributed by atoms with Gasteiger partial charge in [-0.05, 0) is 32.0 Å². The summed E-state index contributed by atoms with van der Waals surface area (Å²) in [4.78, 5) is 31.9. The molecular formula is C24H34N4O7. The fraction of sp³-hybridized carbons (Fsp3) is 0.667. The van der Waals surface area contributed by atoms with Gasteiger partial charge < -0.3 is 44.1 Å². The molecule has 0 radical (unpaired) electrons. The molecule has 5 rings (SSSR count). The van der Waals surface area contributed by atoms with Gasteiger partial charge in [0.2, 0.25) is 12.7 Å². The lowest BCUT2D eigenvalue weighted by molar-refractivity contribution is -0.155. The molecule has 35 heavy (non-hydrogen) atoms. The Labute approximate surface area is 204 Å². The van der Waals surface area contributed by atoms with Crippen molar-refractivity contribution < 1.29 is 33.6 Å². The third-order valence-corrected chi connectivity index (χ3v) is 7.12. The number of ether oxygens (including phenoxy) is 4. The van der Waals surface area contributed by atoms with Crippen LogP contribution in [0, 0.1) is 0 Å². The van der Waals surface area contributed by atoms with Gasteiger partial charge in [-0.2, -0.15) is 0 Å². The number of aliphatic hydroxyl groups is 1. The molecule has 4 atom stereocenters. The van der Waals surface area contributed by atoms with E-state index < -0.39 is 6.10 Å². The predicted octanol–water partition coefficient (Wildman–Crippen LogP) is 0.721. The molecule has 3 amide bonds. The van der Waals surface area contributed by atoms with E-state index in [9.17, 15) is 14.7 Å². The Morgan fingerprint density at radius 1 is 1.09 bits per heavy atom. The molecule has 4 aliphatic heterocycles. The number of β-amino-alcohol motifs (C(OH)–C–C–N with tert-alkyl or cyclic N) is 1. The van der Waals surface area contributed by atoms with Crippen LogP contribution in [0.5, 0.6) is 11.5 Å². The minimum atomic E-state index is -0.796. The van der Waals surface area contributed by atoms with Crippen LogP contribution in [0.2, 0.25) is 0 Å². The third-order valence-electron chi connectivity index (χ3n) is 7.12. The second-order valence-corrected chi connectivity index (χ2v) is 9.67. The lowest BCUT2D eigenvalue weighted by Crippen LogP contribution is -2.58. The number of benzene rings is 1. The molecule has 4 heterocycles. The number of hydrogen-bond acceptors (Lipinski definition) is 8. The molecule has 3 fully saturated rings. The van der Waals surface area contributed by atoms with Crippen LogP contribution in [0.25, 0.3) is 0 Å². The highest BCUT2D eigenvalue weighted by Crippen LogP contribution is 2.35. The number of likely N-dealkylation sites (N-methyl/N-ethyl adjacent to an activating group) is 1. The van der Waals surface area contributed by atoms with Gasteiger partial charge in [0.25, 0.3) is 0 Å². The molecule has 0 bridgehead atoms. The largest absolute Gasteiger partial charge is 0.454 e. The van der Waals surface area contributed by atoms with Crippen molar-refractivity contribution in [2.24, 2.45) is 0 Å². The quantitative estimate of drug-likeness (QED) is 0.638. The maximum absolute atomic E-state index is 13.3. The third kappa shape index (κ3) is 5.64. The van der Waals surface area contributed by atoms with Gasteiger partial charge >= 0.3 is 6.03 Å². The van der Waals surface area contributed by atoms with E-state index >= 15 is 0 Å². The van der Waals surface area contributed by atoms with Gasteiger partial charge in [0.05, 0.1) is 44.4 Å². The number of amides is 3. The molecule has 4 aliphatic rings. The number of carbonyl (C=O) groups excluding carboxylic acids is 2. The average molecular weight is 491 g/mol. The first-order valence-corrected chi connectivity index (χ1v) is 12.3. The molecule has 1 aromatic rings. The van der Waals surface area contributed by atoms with E-state index in [4.69, 9.17) is 18.9 Å². The van der Waals surface area contributed by atoms with Gasteiger partial charge in [-0.3, -0.25) is 4.79 Å². The van der Waals surface area contributed by atoms with Crippen molar-refractivity contribution in [1.29, 1.82) is 0 Å². The van der Waals surface area contributed by atoms with Crippen LogP contribution in [0.3, 0.4) is 0 Å². The van der Waals surface area contributed by atoms with E-state index in [1.165, 1.54) is 0 Å². The monoisotopic (exact) mass is 490 g/mol. The molecule has 0 saturated carbocycles. The van der Waals surface area contributed by atoms with Gasteiger partial charge in [-0.25, -0.2) is 4.79 Å². The van der Waals surface area contributed by atoms with Gasteiger partial charge in [-0.15, -0.1) is 0 Å². The van der Waals surface area contributed by atoms with Crippen molar-refractivity contribution in [3.05, 3.63) is 18.2 Å². The Kier molecular flexibility index (Phi) is 7.28. The molecule has 0 spiro atoms. The fourth-order valence-electron chi connectivity index (χ4n) is 5.12. The number of nitrogens with one attached hydrogen (secondary N) is 1. The fourth-order valence-corrected chi connectivity index (χ4v) is 5.12. The summed E-state index contributed by atoms with van der Waals surface area (Å²) in [5.74, 6) is 1.33. The zero-order valence-electron chi connectivity index (χ0n) is 20.1. The molecule has 192 valence electrons. The molecule has 3 saturated heterocycles. The van der Waals surface area contributed by atoms with Crippen LogP contribution in [-0.2, 0) is 14.3 Å². The number of anilines is 1. The Morgan fingerprint density at radius 3 is 2.71 bits per heavy atom. The van der Waals surface area contributed by atoms with Crippen molar-refractivity contribution in [2.45, 2.75) is 43.6 Å². The minimum absolute atomic E-state index is 0.112. The highest BCUT2D eigenvalue weighted by atomic mass is 16.7.